The standard InChI is InChI=1S/C21H20N6O2/c1-13-8-15(4-6-28-13)27-19(12-25-21-23-5-7-29-21)26-18-11-24-17-3-2-14(10-22)9-16(17)20(18)27/h2-3,5,7,9,11,13,15H,4,6,8,12H2,1H3,(H,23,25)/t13-,15?/m1/s1. The highest BCUT2D eigenvalue weighted by Gasteiger charge is 2.26. The second kappa shape index (κ2) is 7.18. The van der Waals surface area contributed by atoms with Crippen molar-refractivity contribution in [2.45, 2.75) is 38.5 Å². The topological polar surface area (TPSA) is 102 Å². The Morgan fingerprint density at radius 1 is 1.31 bits per heavy atom. The molecule has 1 aliphatic heterocycles. The zero-order chi connectivity index (χ0) is 19.8. The van der Waals surface area contributed by atoms with Gasteiger partial charge in [0.2, 0.25) is 0 Å². The summed E-state index contributed by atoms with van der Waals surface area (Å²) in [6, 6.07) is 8.52. The summed E-state index contributed by atoms with van der Waals surface area (Å²) in [6.45, 7) is 3.29. The van der Waals surface area contributed by atoms with Gasteiger partial charge in [0.25, 0.3) is 6.01 Å². The van der Waals surface area contributed by atoms with Crippen LogP contribution < -0.4 is 5.32 Å². The number of anilines is 1. The van der Waals surface area contributed by atoms with Crippen molar-refractivity contribution in [1.82, 2.24) is 19.5 Å². The third-order valence-electron chi connectivity index (χ3n) is 5.37. The fourth-order valence-electron chi connectivity index (χ4n) is 4.09. The first-order valence-corrected chi connectivity index (χ1v) is 9.67. The summed E-state index contributed by atoms with van der Waals surface area (Å²) in [4.78, 5) is 13.5. The zero-order valence-corrected chi connectivity index (χ0v) is 16.0. The average molecular weight is 388 g/mol. The number of fused-ring (bicyclic) bond motifs is 3. The largest absolute Gasteiger partial charge is 0.432 e. The number of nitriles is 1. The van der Waals surface area contributed by atoms with E-state index in [2.05, 4.69) is 32.8 Å². The molecule has 1 aliphatic rings. The Labute approximate surface area is 167 Å². The third-order valence-corrected chi connectivity index (χ3v) is 5.37. The van der Waals surface area contributed by atoms with Crippen LogP contribution in [-0.4, -0.2) is 32.2 Å². The maximum absolute atomic E-state index is 9.38. The molecule has 0 amide bonds. The first-order valence-electron chi connectivity index (χ1n) is 9.67. The Kier molecular flexibility index (Phi) is 4.37. The number of hydrogen-bond donors (Lipinski definition) is 1. The molecule has 1 unspecified atom stereocenters. The number of imidazole rings is 1. The second-order valence-electron chi connectivity index (χ2n) is 7.28. The number of aromatic nitrogens is 4. The van der Waals surface area contributed by atoms with Gasteiger partial charge >= 0.3 is 0 Å². The van der Waals surface area contributed by atoms with Gasteiger partial charge in [0.1, 0.15) is 17.6 Å². The Morgan fingerprint density at radius 2 is 2.24 bits per heavy atom. The van der Waals surface area contributed by atoms with E-state index >= 15 is 0 Å². The van der Waals surface area contributed by atoms with E-state index in [1.165, 1.54) is 6.26 Å². The molecular formula is C21H20N6O2. The van der Waals surface area contributed by atoms with E-state index < -0.39 is 0 Å². The van der Waals surface area contributed by atoms with Crippen LogP contribution in [0.1, 0.15) is 37.2 Å². The summed E-state index contributed by atoms with van der Waals surface area (Å²) < 4.78 is 13.4. The predicted octanol–water partition coefficient (Wildman–Crippen LogP) is 3.80. The SMILES string of the molecule is C[C@@H]1CC(n2c(CNc3ncco3)nc3cnc4ccc(C#N)cc4c32)CCO1. The van der Waals surface area contributed by atoms with E-state index in [9.17, 15) is 5.26 Å². The first kappa shape index (κ1) is 17.6. The van der Waals surface area contributed by atoms with Crippen molar-refractivity contribution in [3.8, 4) is 6.07 Å². The third kappa shape index (κ3) is 3.19. The molecule has 5 rings (SSSR count). The highest BCUT2D eigenvalue weighted by Crippen LogP contribution is 2.34. The van der Waals surface area contributed by atoms with Gasteiger partial charge in [-0.15, -0.1) is 0 Å². The lowest BCUT2D eigenvalue weighted by Gasteiger charge is -2.30. The van der Waals surface area contributed by atoms with Crippen molar-refractivity contribution >= 4 is 28.0 Å². The minimum absolute atomic E-state index is 0.182. The maximum atomic E-state index is 9.38. The van der Waals surface area contributed by atoms with Crippen molar-refractivity contribution in [3.63, 3.8) is 0 Å². The van der Waals surface area contributed by atoms with Crippen molar-refractivity contribution in [1.29, 1.82) is 5.26 Å². The number of nitrogens with zero attached hydrogens (tertiary/aromatic N) is 5. The number of oxazole rings is 1. The van der Waals surface area contributed by atoms with Gasteiger partial charge in [-0.25, -0.2) is 9.97 Å². The van der Waals surface area contributed by atoms with Gasteiger partial charge < -0.3 is 19.0 Å². The van der Waals surface area contributed by atoms with Gasteiger partial charge in [-0.05, 0) is 38.0 Å². The van der Waals surface area contributed by atoms with E-state index in [1.54, 1.807) is 18.5 Å². The summed E-state index contributed by atoms with van der Waals surface area (Å²) in [5.74, 6) is 0.883. The molecule has 0 bridgehead atoms. The van der Waals surface area contributed by atoms with Crippen LogP contribution in [0.4, 0.5) is 6.01 Å². The molecule has 1 fully saturated rings. The number of pyridine rings is 1. The van der Waals surface area contributed by atoms with Gasteiger partial charge in [-0.3, -0.25) is 4.98 Å². The average Bonchev–Trinajstić information content (AvgIpc) is 3.39. The molecule has 1 saturated heterocycles. The number of benzene rings is 1. The monoisotopic (exact) mass is 388 g/mol. The molecule has 0 spiro atoms. The zero-order valence-electron chi connectivity index (χ0n) is 16.0. The van der Waals surface area contributed by atoms with Crippen LogP contribution in [0.15, 0.2) is 41.3 Å². The second-order valence-corrected chi connectivity index (χ2v) is 7.28. The van der Waals surface area contributed by atoms with Gasteiger partial charge in [0.15, 0.2) is 0 Å². The number of hydrogen-bond acceptors (Lipinski definition) is 7. The van der Waals surface area contributed by atoms with E-state index in [0.29, 0.717) is 24.7 Å². The van der Waals surface area contributed by atoms with Crippen LogP contribution in [0.5, 0.6) is 0 Å². The lowest BCUT2D eigenvalue weighted by Crippen LogP contribution is -2.27. The summed E-state index contributed by atoms with van der Waals surface area (Å²) >= 11 is 0. The maximum Gasteiger partial charge on any atom is 0.294 e. The molecule has 4 aromatic rings. The van der Waals surface area contributed by atoms with Crippen molar-refractivity contribution in [2.24, 2.45) is 0 Å². The summed E-state index contributed by atoms with van der Waals surface area (Å²) in [7, 11) is 0. The summed E-state index contributed by atoms with van der Waals surface area (Å²) in [6.07, 6.45) is 6.93. The molecule has 0 saturated carbocycles. The van der Waals surface area contributed by atoms with Crippen LogP contribution in [0.2, 0.25) is 0 Å². The van der Waals surface area contributed by atoms with Crippen LogP contribution >= 0.6 is 0 Å². The van der Waals surface area contributed by atoms with Gasteiger partial charge in [0.05, 0.1) is 47.7 Å². The van der Waals surface area contributed by atoms with E-state index in [4.69, 9.17) is 14.1 Å². The molecule has 1 aromatic carbocycles. The molecule has 2 atom stereocenters. The molecule has 1 N–H and O–H groups in total. The van der Waals surface area contributed by atoms with E-state index in [-0.39, 0.29) is 12.1 Å². The van der Waals surface area contributed by atoms with Crippen molar-refractivity contribution in [3.05, 3.63) is 48.2 Å². The van der Waals surface area contributed by atoms with E-state index in [1.807, 2.05) is 12.1 Å². The fourth-order valence-corrected chi connectivity index (χ4v) is 4.09. The van der Waals surface area contributed by atoms with Crippen LogP contribution in [0, 0.1) is 11.3 Å². The molecule has 8 heteroatoms. The van der Waals surface area contributed by atoms with Crippen molar-refractivity contribution < 1.29 is 9.15 Å². The lowest BCUT2D eigenvalue weighted by atomic mass is 10.0. The Balaban J connectivity index is 1.69. The van der Waals surface area contributed by atoms with Crippen LogP contribution in [0.25, 0.3) is 21.9 Å². The molecule has 146 valence electrons. The predicted molar refractivity (Wildman–Crippen MR) is 107 cm³/mol. The smallest absolute Gasteiger partial charge is 0.294 e. The number of ether oxygens (including phenoxy) is 1. The minimum Gasteiger partial charge on any atom is -0.432 e. The summed E-state index contributed by atoms with van der Waals surface area (Å²) in [5.41, 5.74) is 3.29. The Hall–Kier alpha value is -3.44. The highest BCUT2D eigenvalue weighted by atomic mass is 16.5. The fraction of sp³-hybridized carbons (Fsp3) is 0.333. The van der Waals surface area contributed by atoms with Gasteiger partial charge in [-0.2, -0.15) is 5.26 Å². The van der Waals surface area contributed by atoms with Crippen LogP contribution in [0.3, 0.4) is 0 Å². The molecule has 0 radical (unpaired) electrons. The molecule has 8 nitrogen and oxygen atoms in total. The summed E-state index contributed by atoms with van der Waals surface area (Å²) in [5, 5.41) is 13.5. The Morgan fingerprint density at radius 3 is 3.03 bits per heavy atom. The first-order chi connectivity index (χ1) is 14.2. The molecule has 4 heterocycles. The molecule has 0 aliphatic carbocycles. The Bertz CT molecular complexity index is 1210. The molecular weight excluding hydrogens is 368 g/mol. The van der Waals surface area contributed by atoms with E-state index in [0.717, 1.165) is 40.6 Å². The molecule has 29 heavy (non-hydrogen) atoms. The number of nitrogens with one attached hydrogen (secondary N) is 1. The van der Waals surface area contributed by atoms with Crippen molar-refractivity contribution in [2.75, 3.05) is 11.9 Å². The minimum atomic E-state index is 0.182. The van der Waals surface area contributed by atoms with Gasteiger partial charge in [-0.1, -0.05) is 0 Å². The lowest BCUT2D eigenvalue weighted by molar-refractivity contribution is 0.00629. The van der Waals surface area contributed by atoms with Crippen LogP contribution in [-0.2, 0) is 11.3 Å². The van der Waals surface area contributed by atoms with Gasteiger partial charge in [0, 0.05) is 18.0 Å². The quantitative estimate of drug-likeness (QED) is 0.567. The number of rotatable bonds is 4. The highest BCUT2D eigenvalue weighted by molar-refractivity contribution is 6.02. The molecule has 3 aromatic heterocycles. The normalized spacial score (nSPS) is 19.4.